The van der Waals surface area contributed by atoms with Crippen molar-refractivity contribution in [3.8, 4) is 0 Å². The highest BCUT2D eigenvalue weighted by molar-refractivity contribution is 5.28. The van der Waals surface area contributed by atoms with Crippen molar-refractivity contribution in [2.24, 2.45) is 0 Å². The van der Waals surface area contributed by atoms with E-state index in [1.54, 1.807) is 0 Å². The molecular formula is C11H17NO. The first-order valence-electron chi connectivity index (χ1n) is 4.64. The van der Waals surface area contributed by atoms with E-state index in [1.165, 1.54) is 16.7 Å². The number of nitrogens with one attached hydrogen (secondary N) is 1. The third-order valence-electron chi connectivity index (χ3n) is 1.80. The van der Waals surface area contributed by atoms with Crippen LogP contribution >= 0.6 is 0 Å². The van der Waals surface area contributed by atoms with E-state index in [0.29, 0.717) is 6.61 Å². The van der Waals surface area contributed by atoms with Crippen LogP contribution in [0.15, 0.2) is 18.2 Å². The number of hydroxylamine groups is 1. The molecule has 0 radical (unpaired) electrons. The summed E-state index contributed by atoms with van der Waals surface area (Å²) in [6, 6.07) is 6.50. The molecule has 1 N–H and O–H groups in total. The topological polar surface area (TPSA) is 21.3 Å². The molecule has 1 aromatic rings. The van der Waals surface area contributed by atoms with E-state index in [0.717, 1.165) is 6.54 Å². The fraction of sp³-hybridized carbons (Fsp3) is 0.455. The standard InChI is InChI=1S/C11H17NO/c1-4-13-12-8-11-6-9(2)5-10(3)7-11/h5-7,12H,4,8H2,1-3H3. The Balaban J connectivity index is 2.56. The Morgan fingerprint density at radius 3 is 2.31 bits per heavy atom. The molecule has 0 atom stereocenters. The Hall–Kier alpha value is -0.860. The molecule has 0 heterocycles. The number of aryl methyl sites for hydroxylation is 2. The van der Waals surface area contributed by atoms with Gasteiger partial charge in [-0.1, -0.05) is 29.3 Å². The molecule has 0 aliphatic rings. The van der Waals surface area contributed by atoms with Crippen molar-refractivity contribution in [1.82, 2.24) is 5.48 Å². The maximum absolute atomic E-state index is 5.07. The maximum Gasteiger partial charge on any atom is 0.0654 e. The Kier molecular flexibility index (Phi) is 3.93. The van der Waals surface area contributed by atoms with Gasteiger partial charge in [-0.25, -0.2) is 0 Å². The van der Waals surface area contributed by atoms with Crippen LogP contribution in [0.5, 0.6) is 0 Å². The van der Waals surface area contributed by atoms with Crippen molar-refractivity contribution >= 4 is 0 Å². The van der Waals surface area contributed by atoms with E-state index in [1.807, 2.05) is 6.92 Å². The molecule has 72 valence electrons. The fourth-order valence-corrected chi connectivity index (χ4v) is 1.41. The predicted molar refractivity (Wildman–Crippen MR) is 54.4 cm³/mol. The molecule has 0 saturated heterocycles. The number of hydrogen-bond donors (Lipinski definition) is 1. The van der Waals surface area contributed by atoms with Crippen LogP contribution in [0.4, 0.5) is 0 Å². The Bertz CT molecular complexity index is 251. The predicted octanol–water partition coefficient (Wildman–Crippen LogP) is 2.34. The van der Waals surface area contributed by atoms with Gasteiger partial charge in [-0.2, -0.15) is 5.48 Å². The highest BCUT2D eigenvalue weighted by Gasteiger charge is 1.94. The first-order valence-corrected chi connectivity index (χ1v) is 4.64. The second-order valence-electron chi connectivity index (χ2n) is 3.25. The lowest BCUT2D eigenvalue weighted by Gasteiger charge is -2.06. The lowest BCUT2D eigenvalue weighted by molar-refractivity contribution is 0.0463. The summed E-state index contributed by atoms with van der Waals surface area (Å²) in [4.78, 5) is 5.07. The van der Waals surface area contributed by atoms with Crippen molar-refractivity contribution in [2.45, 2.75) is 27.3 Å². The second-order valence-corrected chi connectivity index (χ2v) is 3.25. The summed E-state index contributed by atoms with van der Waals surface area (Å²) in [7, 11) is 0. The summed E-state index contributed by atoms with van der Waals surface area (Å²) in [5.41, 5.74) is 6.77. The average Bonchev–Trinajstić information content (AvgIpc) is 2.03. The van der Waals surface area contributed by atoms with E-state index in [2.05, 4.69) is 37.5 Å². The van der Waals surface area contributed by atoms with E-state index in [4.69, 9.17) is 4.84 Å². The molecule has 0 aromatic heterocycles. The molecule has 0 fully saturated rings. The smallest absolute Gasteiger partial charge is 0.0654 e. The average molecular weight is 179 g/mol. The summed E-state index contributed by atoms with van der Waals surface area (Å²) < 4.78 is 0. The van der Waals surface area contributed by atoms with Crippen LogP contribution in [0.25, 0.3) is 0 Å². The number of rotatable bonds is 4. The molecule has 0 amide bonds. The SMILES string of the molecule is CCONCc1cc(C)cc(C)c1. The van der Waals surface area contributed by atoms with Crippen LogP contribution in [-0.2, 0) is 11.4 Å². The summed E-state index contributed by atoms with van der Waals surface area (Å²) in [6.07, 6.45) is 0. The molecule has 2 nitrogen and oxygen atoms in total. The lowest BCUT2D eigenvalue weighted by atomic mass is 10.1. The Labute approximate surface area is 79.9 Å². The molecule has 0 unspecified atom stereocenters. The first kappa shape index (κ1) is 10.2. The van der Waals surface area contributed by atoms with Gasteiger partial charge in [-0.05, 0) is 26.3 Å². The molecule has 1 rings (SSSR count). The number of hydrogen-bond acceptors (Lipinski definition) is 2. The minimum atomic E-state index is 0.699. The first-order chi connectivity index (χ1) is 6.22. The van der Waals surface area contributed by atoms with Gasteiger partial charge in [-0.15, -0.1) is 0 Å². The molecule has 0 spiro atoms. The van der Waals surface area contributed by atoms with Crippen molar-refractivity contribution < 1.29 is 4.84 Å². The summed E-state index contributed by atoms with van der Waals surface area (Å²) in [5.74, 6) is 0. The third kappa shape index (κ3) is 3.57. The van der Waals surface area contributed by atoms with Crippen LogP contribution in [-0.4, -0.2) is 6.61 Å². The molecule has 2 heteroatoms. The lowest BCUT2D eigenvalue weighted by Crippen LogP contribution is -2.13. The molecule has 0 saturated carbocycles. The van der Waals surface area contributed by atoms with Gasteiger partial charge in [0.1, 0.15) is 0 Å². The van der Waals surface area contributed by atoms with Crippen molar-refractivity contribution in [1.29, 1.82) is 0 Å². The molecule has 0 aliphatic carbocycles. The monoisotopic (exact) mass is 179 g/mol. The minimum Gasteiger partial charge on any atom is -0.302 e. The minimum absolute atomic E-state index is 0.699. The van der Waals surface area contributed by atoms with Crippen LogP contribution in [0, 0.1) is 13.8 Å². The molecule has 1 aromatic carbocycles. The van der Waals surface area contributed by atoms with E-state index in [-0.39, 0.29) is 0 Å². The van der Waals surface area contributed by atoms with Crippen molar-refractivity contribution in [2.75, 3.05) is 6.61 Å². The summed E-state index contributed by atoms with van der Waals surface area (Å²) >= 11 is 0. The van der Waals surface area contributed by atoms with E-state index >= 15 is 0 Å². The number of benzene rings is 1. The van der Waals surface area contributed by atoms with Gasteiger partial charge >= 0.3 is 0 Å². The zero-order chi connectivity index (χ0) is 9.68. The normalized spacial score (nSPS) is 10.4. The van der Waals surface area contributed by atoms with Gasteiger partial charge in [0.2, 0.25) is 0 Å². The van der Waals surface area contributed by atoms with Gasteiger partial charge in [0, 0.05) is 6.54 Å². The molecule has 0 bridgehead atoms. The Morgan fingerprint density at radius 2 is 1.77 bits per heavy atom. The maximum atomic E-state index is 5.07. The van der Waals surface area contributed by atoms with Gasteiger partial charge in [0.15, 0.2) is 0 Å². The largest absolute Gasteiger partial charge is 0.302 e. The van der Waals surface area contributed by atoms with E-state index in [9.17, 15) is 0 Å². The molecular weight excluding hydrogens is 162 g/mol. The summed E-state index contributed by atoms with van der Waals surface area (Å²) in [5, 5.41) is 0. The van der Waals surface area contributed by atoms with Gasteiger partial charge in [-0.3, -0.25) is 0 Å². The molecule has 0 aliphatic heterocycles. The fourth-order valence-electron chi connectivity index (χ4n) is 1.41. The molecule has 13 heavy (non-hydrogen) atoms. The zero-order valence-electron chi connectivity index (χ0n) is 8.55. The van der Waals surface area contributed by atoms with Crippen molar-refractivity contribution in [3.05, 3.63) is 34.9 Å². The highest BCUT2D eigenvalue weighted by Crippen LogP contribution is 2.08. The zero-order valence-corrected chi connectivity index (χ0v) is 8.55. The Morgan fingerprint density at radius 1 is 1.15 bits per heavy atom. The van der Waals surface area contributed by atoms with Crippen LogP contribution in [0.2, 0.25) is 0 Å². The quantitative estimate of drug-likeness (QED) is 0.566. The summed E-state index contributed by atoms with van der Waals surface area (Å²) in [6.45, 7) is 7.66. The van der Waals surface area contributed by atoms with Crippen molar-refractivity contribution in [3.63, 3.8) is 0 Å². The van der Waals surface area contributed by atoms with Crippen LogP contribution in [0.1, 0.15) is 23.6 Å². The van der Waals surface area contributed by atoms with Gasteiger partial charge in [0.25, 0.3) is 0 Å². The third-order valence-corrected chi connectivity index (χ3v) is 1.80. The van der Waals surface area contributed by atoms with Crippen LogP contribution < -0.4 is 5.48 Å². The highest BCUT2D eigenvalue weighted by atomic mass is 16.6. The van der Waals surface area contributed by atoms with Crippen LogP contribution in [0.3, 0.4) is 0 Å². The van der Waals surface area contributed by atoms with Gasteiger partial charge in [0.05, 0.1) is 6.61 Å². The second kappa shape index (κ2) is 5.00. The van der Waals surface area contributed by atoms with E-state index < -0.39 is 0 Å². The van der Waals surface area contributed by atoms with Gasteiger partial charge < -0.3 is 4.84 Å².